The Morgan fingerprint density at radius 3 is 2.54 bits per heavy atom. The minimum absolute atomic E-state index is 0.0350. The number of carbonyl (C=O) groups is 2. The van der Waals surface area contributed by atoms with Crippen LogP contribution in [0.1, 0.15) is 18.5 Å². The minimum atomic E-state index is -1.11. The summed E-state index contributed by atoms with van der Waals surface area (Å²) in [7, 11) is 0. The van der Waals surface area contributed by atoms with Crippen LogP contribution in [0, 0.1) is 15.9 Å². The molecule has 0 spiro atoms. The van der Waals surface area contributed by atoms with Crippen LogP contribution >= 0.6 is 11.6 Å². The normalized spacial score (nSPS) is 16.2. The number of amides is 3. The lowest BCUT2D eigenvalue weighted by molar-refractivity contribution is -0.384. The van der Waals surface area contributed by atoms with Crippen molar-refractivity contribution in [2.24, 2.45) is 0 Å². The molecule has 3 amide bonds. The summed E-state index contributed by atoms with van der Waals surface area (Å²) >= 11 is 6.11. The van der Waals surface area contributed by atoms with Crippen molar-refractivity contribution >= 4 is 34.9 Å². The van der Waals surface area contributed by atoms with Gasteiger partial charge in [0.05, 0.1) is 16.5 Å². The maximum absolute atomic E-state index is 14.4. The molecular weight excluding hydrogens is 391 g/mol. The molecule has 0 radical (unpaired) electrons. The fraction of sp³-hybridized carbons (Fsp3) is 0.111. The van der Waals surface area contributed by atoms with Gasteiger partial charge in [0.2, 0.25) is 0 Å². The first-order chi connectivity index (χ1) is 13.3. The standard InChI is InChI=1S/C18H14ClFN4O4/c1-9-14(17(25)22-10-5-7-11(8-6-10)24(27)28)16(23-18(26)21-9)15-12(19)3-2-4-13(15)20/h2-8,16H,1H3,(H,22,25)(H2,21,23,26)/t16-/m0/s1. The Morgan fingerprint density at radius 1 is 1.25 bits per heavy atom. The van der Waals surface area contributed by atoms with Gasteiger partial charge < -0.3 is 16.0 Å². The summed E-state index contributed by atoms with van der Waals surface area (Å²) < 4.78 is 14.4. The number of nitro groups is 1. The van der Waals surface area contributed by atoms with Crippen LogP contribution in [-0.2, 0) is 4.79 Å². The van der Waals surface area contributed by atoms with E-state index in [0.717, 1.165) is 0 Å². The van der Waals surface area contributed by atoms with Crippen LogP contribution in [0.25, 0.3) is 0 Å². The quantitative estimate of drug-likeness (QED) is 0.533. The van der Waals surface area contributed by atoms with Crippen LogP contribution in [0.5, 0.6) is 0 Å². The molecule has 0 aliphatic carbocycles. The van der Waals surface area contributed by atoms with Crippen molar-refractivity contribution in [1.29, 1.82) is 0 Å². The summed E-state index contributed by atoms with van der Waals surface area (Å²) in [6.45, 7) is 1.51. The van der Waals surface area contributed by atoms with Crippen LogP contribution in [0.2, 0.25) is 5.02 Å². The molecule has 0 unspecified atom stereocenters. The van der Waals surface area contributed by atoms with Crippen molar-refractivity contribution < 1.29 is 18.9 Å². The van der Waals surface area contributed by atoms with Gasteiger partial charge in [-0.3, -0.25) is 14.9 Å². The molecule has 1 atom stereocenters. The first-order valence-electron chi connectivity index (χ1n) is 8.06. The zero-order valence-electron chi connectivity index (χ0n) is 14.5. The van der Waals surface area contributed by atoms with E-state index in [4.69, 9.17) is 11.6 Å². The molecule has 2 aromatic rings. The lowest BCUT2D eigenvalue weighted by Crippen LogP contribution is -2.46. The number of rotatable bonds is 4. The molecule has 1 heterocycles. The van der Waals surface area contributed by atoms with E-state index in [1.165, 1.54) is 49.4 Å². The number of hydrogen-bond donors (Lipinski definition) is 3. The molecule has 3 rings (SSSR count). The van der Waals surface area contributed by atoms with Crippen LogP contribution in [0.15, 0.2) is 53.7 Å². The van der Waals surface area contributed by atoms with Gasteiger partial charge in [0.1, 0.15) is 5.82 Å². The molecule has 1 aliphatic rings. The second-order valence-electron chi connectivity index (χ2n) is 5.96. The van der Waals surface area contributed by atoms with Gasteiger partial charge in [-0.25, -0.2) is 9.18 Å². The summed E-state index contributed by atoms with van der Waals surface area (Å²) in [5, 5.41) is 18.4. The van der Waals surface area contributed by atoms with Crippen molar-refractivity contribution in [3.05, 3.63) is 80.3 Å². The second-order valence-corrected chi connectivity index (χ2v) is 6.37. The van der Waals surface area contributed by atoms with Crippen LogP contribution in [-0.4, -0.2) is 16.9 Å². The third-order valence-electron chi connectivity index (χ3n) is 4.14. The zero-order chi connectivity index (χ0) is 20.4. The fourth-order valence-electron chi connectivity index (χ4n) is 2.86. The van der Waals surface area contributed by atoms with Gasteiger partial charge in [-0.1, -0.05) is 17.7 Å². The second kappa shape index (κ2) is 7.65. The summed E-state index contributed by atoms with van der Waals surface area (Å²) in [4.78, 5) is 34.9. The van der Waals surface area contributed by atoms with Crippen molar-refractivity contribution in [2.45, 2.75) is 13.0 Å². The predicted octanol–water partition coefficient (Wildman–Crippen LogP) is 3.65. The monoisotopic (exact) mass is 404 g/mol. The van der Waals surface area contributed by atoms with Gasteiger partial charge in [0.25, 0.3) is 11.6 Å². The average molecular weight is 405 g/mol. The van der Waals surface area contributed by atoms with E-state index in [9.17, 15) is 24.1 Å². The van der Waals surface area contributed by atoms with Crippen molar-refractivity contribution in [2.75, 3.05) is 5.32 Å². The first kappa shape index (κ1) is 19.3. The van der Waals surface area contributed by atoms with Gasteiger partial charge in [0.15, 0.2) is 0 Å². The Balaban J connectivity index is 1.96. The molecule has 2 aromatic carbocycles. The van der Waals surface area contributed by atoms with Crippen molar-refractivity contribution in [3.63, 3.8) is 0 Å². The van der Waals surface area contributed by atoms with Crippen molar-refractivity contribution in [3.8, 4) is 0 Å². The molecule has 0 aromatic heterocycles. The highest BCUT2D eigenvalue weighted by Crippen LogP contribution is 2.34. The molecule has 1 aliphatic heterocycles. The zero-order valence-corrected chi connectivity index (χ0v) is 15.2. The molecule has 144 valence electrons. The van der Waals surface area contributed by atoms with Crippen LogP contribution in [0.3, 0.4) is 0 Å². The molecule has 28 heavy (non-hydrogen) atoms. The van der Waals surface area contributed by atoms with E-state index < -0.39 is 28.7 Å². The summed E-state index contributed by atoms with van der Waals surface area (Å²) in [5.41, 5.74) is 0.423. The van der Waals surface area contributed by atoms with Crippen LogP contribution < -0.4 is 16.0 Å². The SMILES string of the molecule is CC1=C(C(=O)Nc2ccc([N+](=O)[O-])cc2)[C@@H](c2c(F)cccc2Cl)NC(=O)N1. The fourth-order valence-corrected chi connectivity index (χ4v) is 3.13. The van der Waals surface area contributed by atoms with E-state index in [2.05, 4.69) is 16.0 Å². The lowest BCUT2D eigenvalue weighted by atomic mass is 9.94. The summed E-state index contributed by atoms with van der Waals surface area (Å²) in [5.74, 6) is -1.30. The highest BCUT2D eigenvalue weighted by atomic mass is 35.5. The smallest absolute Gasteiger partial charge is 0.319 e. The number of halogens is 2. The average Bonchev–Trinajstić information content (AvgIpc) is 2.61. The van der Waals surface area contributed by atoms with E-state index in [1.807, 2.05) is 0 Å². The number of nitrogens with one attached hydrogen (secondary N) is 3. The van der Waals surface area contributed by atoms with E-state index >= 15 is 0 Å². The molecule has 0 bridgehead atoms. The molecule has 0 saturated carbocycles. The van der Waals surface area contributed by atoms with Gasteiger partial charge in [-0.15, -0.1) is 0 Å². The number of allylic oxidation sites excluding steroid dienone is 1. The molecule has 8 nitrogen and oxygen atoms in total. The van der Waals surface area contributed by atoms with E-state index in [-0.39, 0.29) is 27.5 Å². The van der Waals surface area contributed by atoms with Gasteiger partial charge in [-0.05, 0) is 31.2 Å². The number of hydrogen-bond acceptors (Lipinski definition) is 4. The molecule has 0 fully saturated rings. The number of benzene rings is 2. The van der Waals surface area contributed by atoms with Crippen molar-refractivity contribution in [1.82, 2.24) is 10.6 Å². The predicted molar refractivity (Wildman–Crippen MR) is 100 cm³/mol. The van der Waals surface area contributed by atoms with Gasteiger partial charge in [0, 0.05) is 34.1 Å². The number of carbonyl (C=O) groups excluding carboxylic acids is 2. The number of urea groups is 1. The highest BCUT2D eigenvalue weighted by molar-refractivity contribution is 6.31. The Morgan fingerprint density at radius 2 is 1.93 bits per heavy atom. The molecular formula is C18H14ClFN4O4. The largest absolute Gasteiger partial charge is 0.327 e. The summed E-state index contributed by atoms with van der Waals surface area (Å²) in [6.07, 6.45) is 0. The number of anilines is 1. The van der Waals surface area contributed by atoms with E-state index in [1.54, 1.807) is 0 Å². The maximum Gasteiger partial charge on any atom is 0.319 e. The molecule has 10 heteroatoms. The Hall–Kier alpha value is -3.46. The minimum Gasteiger partial charge on any atom is -0.327 e. The Kier molecular flexibility index (Phi) is 5.27. The lowest BCUT2D eigenvalue weighted by Gasteiger charge is -2.29. The maximum atomic E-state index is 14.4. The third kappa shape index (κ3) is 3.79. The van der Waals surface area contributed by atoms with Gasteiger partial charge >= 0.3 is 6.03 Å². The summed E-state index contributed by atoms with van der Waals surface area (Å²) in [6, 6.07) is 7.54. The topological polar surface area (TPSA) is 113 Å². The highest BCUT2D eigenvalue weighted by Gasteiger charge is 2.34. The molecule has 0 saturated heterocycles. The van der Waals surface area contributed by atoms with E-state index in [0.29, 0.717) is 5.69 Å². The third-order valence-corrected chi connectivity index (χ3v) is 4.47. The number of non-ortho nitro benzene ring substituents is 1. The molecule has 3 N–H and O–H groups in total. The van der Waals surface area contributed by atoms with Crippen LogP contribution in [0.4, 0.5) is 20.6 Å². The first-order valence-corrected chi connectivity index (χ1v) is 8.43. The Bertz CT molecular complexity index is 987. The van der Waals surface area contributed by atoms with Gasteiger partial charge in [-0.2, -0.15) is 0 Å². The Labute approximate surface area is 163 Å². The number of nitrogens with zero attached hydrogens (tertiary/aromatic N) is 1. The number of nitro benzene ring substituents is 1.